The fourth-order valence-corrected chi connectivity index (χ4v) is 3.72. The van der Waals surface area contributed by atoms with Gasteiger partial charge in [0.1, 0.15) is 0 Å². The van der Waals surface area contributed by atoms with E-state index in [4.69, 9.17) is 0 Å². The van der Waals surface area contributed by atoms with Crippen LogP contribution in [0.5, 0.6) is 0 Å². The van der Waals surface area contributed by atoms with Gasteiger partial charge >= 0.3 is 7.58 Å². The number of hydrogen-bond donors (Lipinski definition) is 0. The predicted molar refractivity (Wildman–Crippen MR) is 55.6 cm³/mol. The molecule has 0 bridgehead atoms. The Morgan fingerprint density at radius 2 is 2.14 bits per heavy atom. The molecule has 0 saturated carbocycles. The first kappa shape index (κ1) is 8.99. The maximum atomic E-state index is 2.59. The van der Waals surface area contributed by atoms with Gasteiger partial charge in [-0.2, -0.15) is 40.5 Å². The first-order chi connectivity index (χ1) is 3.27. The molecular weight excluding hydrogens is 329 g/mol. The molecule has 0 aliphatic carbocycles. The third kappa shape index (κ3) is 7.99. The molecule has 3 heteroatoms. The van der Waals surface area contributed by atoms with Crippen LogP contribution in [0.25, 0.3) is 0 Å². The highest BCUT2D eigenvalue weighted by atomic mass is 127. The van der Waals surface area contributed by atoms with Gasteiger partial charge in [-0.1, -0.05) is 25.0 Å². The molecule has 0 nitrogen and oxygen atoms in total. The molecule has 7 heavy (non-hydrogen) atoms. The monoisotopic (exact) mass is 340 g/mol. The second-order valence-corrected chi connectivity index (χ2v) is 19.1. The van der Waals surface area contributed by atoms with E-state index in [2.05, 4.69) is 47.5 Å². The molecule has 0 aromatic heterocycles. The van der Waals surface area contributed by atoms with E-state index in [1.54, 1.807) is 0 Å². The first-order valence-electron chi connectivity index (χ1n) is 2.55. The van der Waals surface area contributed by atoms with E-state index < -0.39 is 0 Å². The summed E-state index contributed by atoms with van der Waals surface area (Å²) >= 11 is 5.18. The lowest BCUT2D eigenvalue weighted by Crippen LogP contribution is -1.86. The minimum atomic E-state index is -0.248. The Bertz CT molecular complexity index is 43.0. The van der Waals surface area contributed by atoms with Crippen molar-refractivity contribution in [3.05, 3.63) is 0 Å². The van der Waals surface area contributed by atoms with Gasteiger partial charge in [0.2, 0.25) is 0 Å². The summed E-state index contributed by atoms with van der Waals surface area (Å²) in [4.78, 5) is 0. The van der Waals surface area contributed by atoms with Crippen molar-refractivity contribution in [3.63, 3.8) is 0 Å². The third-order valence-electron chi connectivity index (χ3n) is 0.776. The van der Waals surface area contributed by atoms with Gasteiger partial charge in [-0.05, 0) is 0 Å². The molecule has 0 spiro atoms. The molecule has 0 amide bonds. The lowest BCUT2D eigenvalue weighted by Gasteiger charge is -1.89. The minimum absolute atomic E-state index is 0. The Kier molecular flexibility index (Phi) is 7.86. The number of unbranched alkanes of at least 4 members (excludes halogenated alkanes) is 1. The average molecular weight is 340 g/mol. The first-order valence-corrected chi connectivity index (χ1v) is 11.7. The second-order valence-electron chi connectivity index (χ2n) is 1.53. The molecule has 0 heterocycles. The van der Waals surface area contributed by atoms with Crippen LogP contribution < -0.4 is 0 Å². The lowest BCUT2D eigenvalue weighted by atomic mass is 10.4. The molecule has 44 valence electrons. The van der Waals surface area contributed by atoms with Crippen LogP contribution in [0.4, 0.5) is 0 Å². The maximum Gasteiger partial charge on any atom is 0.445 e. The van der Waals surface area contributed by atoms with Crippen molar-refractivity contribution < 1.29 is 1.43 Å². The van der Waals surface area contributed by atoms with E-state index in [9.17, 15) is 0 Å². The quantitative estimate of drug-likeness (QED) is 0.546. The molecule has 0 rings (SSSR count). The van der Waals surface area contributed by atoms with Crippen molar-refractivity contribution >= 4 is 48.1 Å². The van der Waals surface area contributed by atoms with Gasteiger partial charge in [-0.25, -0.2) is 0 Å². The molecule has 0 saturated heterocycles. The molecule has 0 aromatic carbocycles. The van der Waals surface area contributed by atoms with Gasteiger partial charge in [0.05, 0.1) is 0 Å². The molecule has 0 unspecified atom stereocenters. The highest BCUT2D eigenvalue weighted by Crippen LogP contribution is 2.12. The topological polar surface area (TPSA) is 0 Å². The Hall–Kier alpha value is 1.99. The van der Waals surface area contributed by atoms with Crippen molar-refractivity contribution in [2.75, 3.05) is 0 Å². The summed E-state index contributed by atoms with van der Waals surface area (Å²) in [6, 6.07) is 0. The third-order valence-corrected chi connectivity index (χ3v) is 5.36. The summed E-state index contributed by atoms with van der Waals surface area (Å²) in [7, 11) is -0.248. The zero-order valence-electron chi connectivity index (χ0n) is 4.45. The smallest absolute Gasteiger partial charge is 0.191 e. The average Bonchev–Trinajstić information content (AvgIpc) is 1.61. The highest BCUT2D eigenvalue weighted by molar-refractivity contribution is 14.3. The molecule has 0 aliphatic rings. The Morgan fingerprint density at radius 1 is 1.57 bits per heavy atom. The van der Waals surface area contributed by atoms with Crippen LogP contribution in [0.1, 0.15) is 21.2 Å². The normalized spacial score (nSPS) is 9.00. The minimum Gasteiger partial charge on any atom is -0.191 e. The summed E-state index contributed by atoms with van der Waals surface area (Å²) in [5, 5.41) is 1.51. The second kappa shape index (κ2) is 6.12. The molecule has 0 radical (unpaired) electrons. The fraction of sp³-hybridized carbons (Fsp3) is 1.00. The van der Waals surface area contributed by atoms with E-state index in [-0.39, 0.29) is 9.01 Å². The van der Waals surface area contributed by atoms with Gasteiger partial charge in [0, 0.05) is 1.43 Å². The van der Waals surface area contributed by atoms with E-state index in [1.165, 1.54) is 18.1 Å². The predicted octanol–water partition coefficient (Wildman–Crippen LogP) is 3.39. The Labute approximate surface area is 73.7 Å². The molecule has 0 N–H and O–H groups in total. The zero-order valence-corrected chi connectivity index (χ0v) is 9.92. The molecule has 0 atom stereocenters. The summed E-state index contributed by atoms with van der Waals surface area (Å²) in [5.41, 5.74) is 0. The van der Waals surface area contributed by atoms with Gasteiger partial charge in [-0.15, -0.1) is 0 Å². The van der Waals surface area contributed by atoms with Crippen LogP contribution in [0.3, 0.4) is 0 Å². The van der Waals surface area contributed by atoms with Gasteiger partial charge in [0.15, 0.2) is 0 Å². The van der Waals surface area contributed by atoms with Crippen molar-refractivity contribution in [3.8, 4) is 0 Å². The molecule has 0 fully saturated rings. The summed E-state index contributed by atoms with van der Waals surface area (Å²) < 4.78 is 0. The summed E-state index contributed by atoms with van der Waals surface area (Å²) in [6.07, 6.45) is 2.82. The fourth-order valence-electron chi connectivity index (χ4n) is 0.358. The Balaban J connectivity index is 0. The van der Waals surface area contributed by atoms with E-state index >= 15 is 0 Å². The van der Waals surface area contributed by atoms with Crippen LogP contribution in [0.15, 0.2) is 0 Å². The van der Waals surface area contributed by atoms with E-state index in [1.807, 2.05) is 0 Å². The number of hydrogen-bond acceptors (Lipinski definition) is 0. The van der Waals surface area contributed by atoms with Crippen LogP contribution in [0, 0.1) is 0 Å². The summed E-state index contributed by atoms with van der Waals surface area (Å²) in [6.45, 7) is 2.25. The zero-order chi connectivity index (χ0) is 5.70. The van der Waals surface area contributed by atoms with Crippen LogP contribution in [0.2, 0.25) is 5.28 Å². The Morgan fingerprint density at radius 3 is 2.29 bits per heavy atom. The number of rotatable bonds is 3. The van der Waals surface area contributed by atoms with E-state index in [0.29, 0.717) is 0 Å². The van der Waals surface area contributed by atoms with Gasteiger partial charge in [0.25, 0.3) is 0 Å². The molecular formula is C4H11AlI2. The van der Waals surface area contributed by atoms with Crippen LogP contribution in [-0.2, 0) is 0 Å². The van der Waals surface area contributed by atoms with Crippen LogP contribution >= 0.6 is 40.5 Å². The molecule has 0 aliphatic heterocycles. The summed E-state index contributed by atoms with van der Waals surface area (Å²) in [5.74, 6) is 0. The number of halogens is 2. The standard InChI is InChI=1S/C4H9.Al.2HI.H2/c1-3-4-2;;;;/h1,3-4H2,2H3;;3*1H/q;+2;;;/p-2. The van der Waals surface area contributed by atoms with Crippen molar-refractivity contribution in [1.29, 1.82) is 0 Å². The van der Waals surface area contributed by atoms with Crippen LogP contribution in [-0.4, -0.2) is 7.58 Å². The SMILES string of the molecule is CCC[CH2][Al]([I])[I].[HH]. The van der Waals surface area contributed by atoms with Gasteiger partial charge in [-0.3, -0.25) is 0 Å². The molecule has 0 aromatic rings. The van der Waals surface area contributed by atoms with Crippen molar-refractivity contribution in [2.45, 2.75) is 25.0 Å². The van der Waals surface area contributed by atoms with Crippen molar-refractivity contribution in [2.24, 2.45) is 0 Å². The van der Waals surface area contributed by atoms with E-state index in [0.717, 1.165) is 0 Å². The highest BCUT2D eigenvalue weighted by Gasteiger charge is 2.04. The van der Waals surface area contributed by atoms with Gasteiger partial charge < -0.3 is 0 Å². The van der Waals surface area contributed by atoms with Crippen molar-refractivity contribution in [1.82, 2.24) is 0 Å². The maximum absolute atomic E-state index is 2.59. The lowest BCUT2D eigenvalue weighted by molar-refractivity contribution is 0.883. The largest absolute Gasteiger partial charge is 0.445 e.